The predicted octanol–water partition coefficient (Wildman–Crippen LogP) is 4.45. The Kier molecular flexibility index (Phi) is 7.13. The van der Waals surface area contributed by atoms with Crippen molar-refractivity contribution in [2.45, 2.75) is 32.0 Å². The highest BCUT2D eigenvalue weighted by Gasteiger charge is 2.22. The van der Waals surface area contributed by atoms with Gasteiger partial charge in [-0.2, -0.15) is 0 Å². The fourth-order valence-electron chi connectivity index (χ4n) is 3.63. The van der Waals surface area contributed by atoms with E-state index in [0.29, 0.717) is 12.6 Å². The zero-order chi connectivity index (χ0) is 21.3. The summed E-state index contributed by atoms with van der Waals surface area (Å²) in [7, 11) is 0. The maximum atomic E-state index is 12.4. The first kappa shape index (κ1) is 20.9. The molecule has 2 amide bonds. The molecule has 3 aromatic rings. The summed E-state index contributed by atoms with van der Waals surface area (Å²) >= 11 is 0. The number of piperidine rings is 1. The van der Waals surface area contributed by atoms with Crippen LogP contribution in [0.1, 0.15) is 24.0 Å². The standard InChI is InChI=1S/C25H28N4O2/c30-25(28-23-10-14-26-15-11-23)29-16-12-22(13-17-29)27-18-20-6-8-24(9-7-20)31-19-21-4-2-1-3-5-21/h1-11,14-15,22,27H,12-13,16-19H2,(H,26,28,30). The van der Waals surface area contributed by atoms with Gasteiger partial charge in [-0.1, -0.05) is 42.5 Å². The lowest BCUT2D eigenvalue weighted by Gasteiger charge is -2.32. The van der Waals surface area contributed by atoms with E-state index in [-0.39, 0.29) is 6.03 Å². The number of carbonyl (C=O) groups is 1. The van der Waals surface area contributed by atoms with Crippen LogP contribution in [0.2, 0.25) is 0 Å². The second-order valence-corrected chi connectivity index (χ2v) is 7.73. The molecule has 0 radical (unpaired) electrons. The number of aromatic nitrogens is 1. The van der Waals surface area contributed by atoms with E-state index >= 15 is 0 Å². The van der Waals surface area contributed by atoms with Gasteiger partial charge >= 0.3 is 6.03 Å². The van der Waals surface area contributed by atoms with Crippen molar-refractivity contribution in [1.29, 1.82) is 0 Å². The number of amides is 2. The minimum atomic E-state index is -0.0456. The summed E-state index contributed by atoms with van der Waals surface area (Å²) in [5, 5.41) is 6.54. The van der Waals surface area contributed by atoms with E-state index in [2.05, 4.69) is 39.9 Å². The van der Waals surface area contributed by atoms with Gasteiger partial charge in [0.05, 0.1) is 0 Å². The first-order chi connectivity index (χ1) is 15.3. The number of pyridine rings is 1. The number of ether oxygens (including phenoxy) is 1. The third-order valence-electron chi connectivity index (χ3n) is 5.48. The molecule has 2 heterocycles. The zero-order valence-corrected chi connectivity index (χ0v) is 17.5. The van der Waals surface area contributed by atoms with Gasteiger partial charge in [0, 0.05) is 43.8 Å². The summed E-state index contributed by atoms with van der Waals surface area (Å²) < 4.78 is 5.85. The summed E-state index contributed by atoms with van der Waals surface area (Å²) in [4.78, 5) is 18.2. The summed E-state index contributed by atoms with van der Waals surface area (Å²) in [5.41, 5.74) is 3.16. The van der Waals surface area contributed by atoms with Crippen molar-refractivity contribution in [3.05, 3.63) is 90.3 Å². The van der Waals surface area contributed by atoms with Crippen molar-refractivity contribution in [3.63, 3.8) is 0 Å². The Balaban J connectivity index is 1.17. The second kappa shape index (κ2) is 10.6. The minimum Gasteiger partial charge on any atom is -0.489 e. The molecule has 0 unspecified atom stereocenters. The highest BCUT2D eigenvalue weighted by atomic mass is 16.5. The van der Waals surface area contributed by atoms with Gasteiger partial charge in [-0.25, -0.2) is 4.79 Å². The van der Waals surface area contributed by atoms with Crippen LogP contribution >= 0.6 is 0 Å². The van der Waals surface area contributed by atoms with Crippen molar-refractivity contribution in [2.75, 3.05) is 18.4 Å². The van der Waals surface area contributed by atoms with E-state index in [1.807, 2.05) is 35.2 Å². The molecule has 0 atom stereocenters. The van der Waals surface area contributed by atoms with E-state index < -0.39 is 0 Å². The van der Waals surface area contributed by atoms with Crippen molar-refractivity contribution >= 4 is 11.7 Å². The number of benzene rings is 2. The Hall–Kier alpha value is -3.38. The van der Waals surface area contributed by atoms with Crippen LogP contribution in [0.4, 0.5) is 10.5 Å². The lowest BCUT2D eigenvalue weighted by atomic mass is 10.0. The lowest BCUT2D eigenvalue weighted by molar-refractivity contribution is 0.189. The molecule has 2 N–H and O–H groups in total. The largest absolute Gasteiger partial charge is 0.489 e. The van der Waals surface area contributed by atoms with Gasteiger partial charge in [0.2, 0.25) is 0 Å². The topological polar surface area (TPSA) is 66.5 Å². The summed E-state index contributed by atoms with van der Waals surface area (Å²) in [6, 6.07) is 22.4. The highest BCUT2D eigenvalue weighted by molar-refractivity contribution is 5.89. The molecule has 2 aromatic carbocycles. The molecule has 31 heavy (non-hydrogen) atoms. The molecule has 1 aromatic heterocycles. The molecule has 0 saturated carbocycles. The number of hydrogen-bond donors (Lipinski definition) is 2. The number of anilines is 1. The second-order valence-electron chi connectivity index (χ2n) is 7.73. The predicted molar refractivity (Wildman–Crippen MR) is 122 cm³/mol. The van der Waals surface area contributed by atoms with E-state index in [1.54, 1.807) is 24.5 Å². The Morgan fingerprint density at radius 1 is 0.935 bits per heavy atom. The van der Waals surface area contributed by atoms with Crippen LogP contribution in [-0.2, 0) is 13.2 Å². The molecule has 1 aliphatic heterocycles. The molecular weight excluding hydrogens is 388 g/mol. The fourth-order valence-corrected chi connectivity index (χ4v) is 3.63. The number of likely N-dealkylation sites (tertiary alicyclic amines) is 1. The van der Waals surface area contributed by atoms with Crippen LogP contribution in [0.25, 0.3) is 0 Å². The normalized spacial score (nSPS) is 14.3. The number of rotatable bonds is 7. The molecule has 160 valence electrons. The van der Waals surface area contributed by atoms with Gasteiger partial charge < -0.3 is 20.3 Å². The molecular formula is C25H28N4O2. The first-order valence-corrected chi connectivity index (χ1v) is 10.7. The molecule has 0 bridgehead atoms. The van der Waals surface area contributed by atoms with Crippen LogP contribution in [0, 0.1) is 0 Å². The number of nitrogens with zero attached hydrogens (tertiary/aromatic N) is 2. The van der Waals surface area contributed by atoms with Crippen LogP contribution in [0.15, 0.2) is 79.1 Å². The third kappa shape index (κ3) is 6.30. The molecule has 6 nitrogen and oxygen atoms in total. The Bertz CT molecular complexity index is 940. The van der Waals surface area contributed by atoms with Crippen molar-refractivity contribution in [1.82, 2.24) is 15.2 Å². The first-order valence-electron chi connectivity index (χ1n) is 10.7. The molecule has 4 rings (SSSR count). The SMILES string of the molecule is O=C(Nc1ccncc1)N1CCC(NCc2ccc(OCc3ccccc3)cc2)CC1. The molecule has 1 fully saturated rings. The van der Waals surface area contributed by atoms with E-state index in [9.17, 15) is 4.79 Å². The average molecular weight is 417 g/mol. The van der Waals surface area contributed by atoms with Gasteiger partial charge in [-0.05, 0) is 48.2 Å². The Morgan fingerprint density at radius 2 is 1.65 bits per heavy atom. The number of carbonyl (C=O) groups excluding carboxylic acids is 1. The number of urea groups is 1. The van der Waals surface area contributed by atoms with Crippen LogP contribution < -0.4 is 15.4 Å². The average Bonchev–Trinajstić information content (AvgIpc) is 2.84. The minimum absolute atomic E-state index is 0.0456. The maximum Gasteiger partial charge on any atom is 0.321 e. The summed E-state index contributed by atoms with van der Waals surface area (Å²) in [5.74, 6) is 0.876. The fraction of sp³-hybridized carbons (Fsp3) is 0.280. The molecule has 0 spiro atoms. The van der Waals surface area contributed by atoms with Gasteiger partial charge in [0.1, 0.15) is 12.4 Å². The van der Waals surface area contributed by atoms with Crippen molar-refractivity contribution < 1.29 is 9.53 Å². The van der Waals surface area contributed by atoms with Gasteiger partial charge in [0.15, 0.2) is 0 Å². The Labute approximate surface area is 183 Å². The quantitative estimate of drug-likeness (QED) is 0.597. The number of nitrogens with one attached hydrogen (secondary N) is 2. The Morgan fingerprint density at radius 3 is 2.35 bits per heavy atom. The van der Waals surface area contributed by atoms with Gasteiger partial charge in [-0.3, -0.25) is 4.98 Å². The van der Waals surface area contributed by atoms with E-state index in [1.165, 1.54) is 5.56 Å². The third-order valence-corrected chi connectivity index (χ3v) is 5.48. The molecule has 1 aliphatic rings. The molecule has 0 aliphatic carbocycles. The van der Waals surface area contributed by atoms with Crippen molar-refractivity contribution in [2.24, 2.45) is 0 Å². The van der Waals surface area contributed by atoms with E-state index in [4.69, 9.17) is 4.74 Å². The lowest BCUT2D eigenvalue weighted by Crippen LogP contribution is -2.46. The number of hydrogen-bond acceptors (Lipinski definition) is 4. The maximum absolute atomic E-state index is 12.4. The zero-order valence-electron chi connectivity index (χ0n) is 17.5. The van der Waals surface area contributed by atoms with Crippen molar-refractivity contribution in [3.8, 4) is 5.75 Å². The van der Waals surface area contributed by atoms with Crippen LogP contribution in [0.5, 0.6) is 5.75 Å². The van der Waals surface area contributed by atoms with Gasteiger partial charge in [-0.15, -0.1) is 0 Å². The van der Waals surface area contributed by atoms with Crippen LogP contribution in [0.3, 0.4) is 0 Å². The van der Waals surface area contributed by atoms with Crippen LogP contribution in [-0.4, -0.2) is 35.0 Å². The smallest absolute Gasteiger partial charge is 0.321 e. The van der Waals surface area contributed by atoms with E-state index in [0.717, 1.165) is 49.5 Å². The van der Waals surface area contributed by atoms with Gasteiger partial charge in [0.25, 0.3) is 0 Å². The monoisotopic (exact) mass is 416 g/mol. The molecule has 1 saturated heterocycles. The molecule has 6 heteroatoms. The highest BCUT2D eigenvalue weighted by Crippen LogP contribution is 2.16. The summed E-state index contributed by atoms with van der Waals surface area (Å²) in [6.45, 7) is 2.89. The summed E-state index contributed by atoms with van der Waals surface area (Å²) in [6.07, 6.45) is 5.24.